The van der Waals surface area contributed by atoms with E-state index in [9.17, 15) is 4.79 Å². The van der Waals surface area contributed by atoms with Crippen molar-refractivity contribution >= 4 is 5.91 Å². The third kappa shape index (κ3) is 4.64. The van der Waals surface area contributed by atoms with Crippen LogP contribution in [0.5, 0.6) is 5.75 Å². The van der Waals surface area contributed by atoms with E-state index >= 15 is 0 Å². The summed E-state index contributed by atoms with van der Waals surface area (Å²) in [6.45, 7) is 5.55. The van der Waals surface area contributed by atoms with Crippen LogP contribution in [-0.4, -0.2) is 36.0 Å². The number of nitrogens with zero attached hydrogens (tertiary/aromatic N) is 1. The van der Waals surface area contributed by atoms with Gasteiger partial charge in [-0.3, -0.25) is 4.79 Å². The lowest BCUT2D eigenvalue weighted by Crippen LogP contribution is -2.49. The van der Waals surface area contributed by atoms with Crippen LogP contribution in [0.4, 0.5) is 0 Å². The zero-order valence-electron chi connectivity index (χ0n) is 15.7. The van der Waals surface area contributed by atoms with Crippen LogP contribution in [0.2, 0.25) is 0 Å². The molecule has 0 spiro atoms. The lowest BCUT2D eigenvalue weighted by molar-refractivity contribution is -0.134. The van der Waals surface area contributed by atoms with Gasteiger partial charge in [0.25, 0.3) is 0 Å². The molecule has 0 saturated carbocycles. The van der Waals surface area contributed by atoms with E-state index in [1.165, 1.54) is 5.56 Å². The maximum atomic E-state index is 12.6. The second kappa shape index (κ2) is 8.37. The van der Waals surface area contributed by atoms with Crippen LogP contribution in [-0.2, 0) is 11.2 Å². The molecule has 1 amide bonds. The van der Waals surface area contributed by atoms with Gasteiger partial charge in [-0.15, -0.1) is 0 Å². The molecule has 0 aliphatic carbocycles. The van der Waals surface area contributed by atoms with Crippen LogP contribution in [0, 0.1) is 13.8 Å². The predicted octanol–water partition coefficient (Wildman–Crippen LogP) is 3.24. The SMILES string of the molecule is Cc1ccc(C)c(OC2CCN(C(=O)[C@@H](N)Cc3ccccc3)CC2)c1. The largest absolute Gasteiger partial charge is 0.490 e. The molecule has 1 aliphatic rings. The number of benzene rings is 2. The van der Waals surface area contributed by atoms with E-state index in [2.05, 4.69) is 32.0 Å². The quantitative estimate of drug-likeness (QED) is 0.899. The van der Waals surface area contributed by atoms with Gasteiger partial charge in [-0.05, 0) is 43.0 Å². The number of amides is 1. The summed E-state index contributed by atoms with van der Waals surface area (Å²) in [5.41, 5.74) is 9.60. The molecular formula is C22H28N2O2. The Morgan fingerprint density at radius 3 is 2.54 bits per heavy atom. The number of nitrogens with two attached hydrogens (primary N) is 1. The standard InChI is InChI=1S/C22H28N2O2/c1-16-8-9-17(2)21(14-16)26-19-10-12-24(13-11-19)22(25)20(23)15-18-6-4-3-5-7-18/h3-9,14,19-20H,10-13,15,23H2,1-2H3/t20-/m0/s1. The van der Waals surface area contributed by atoms with E-state index in [1.807, 2.05) is 35.2 Å². The average Bonchev–Trinajstić information content (AvgIpc) is 2.65. The Morgan fingerprint density at radius 2 is 1.85 bits per heavy atom. The van der Waals surface area contributed by atoms with Gasteiger partial charge in [0, 0.05) is 25.9 Å². The van der Waals surface area contributed by atoms with E-state index < -0.39 is 6.04 Å². The molecule has 0 unspecified atom stereocenters. The Balaban J connectivity index is 1.51. The smallest absolute Gasteiger partial charge is 0.239 e. The van der Waals surface area contributed by atoms with E-state index in [4.69, 9.17) is 10.5 Å². The Kier molecular flexibility index (Phi) is 5.94. The second-order valence-corrected chi connectivity index (χ2v) is 7.21. The molecule has 4 heteroatoms. The number of aryl methyl sites for hydroxylation is 2. The van der Waals surface area contributed by atoms with Crippen molar-refractivity contribution in [2.75, 3.05) is 13.1 Å². The van der Waals surface area contributed by atoms with E-state index in [-0.39, 0.29) is 12.0 Å². The molecule has 1 aliphatic heterocycles. The number of ether oxygens (including phenoxy) is 1. The second-order valence-electron chi connectivity index (χ2n) is 7.21. The van der Waals surface area contributed by atoms with Gasteiger partial charge in [0.2, 0.25) is 5.91 Å². The van der Waals surface area contributed by atoms with Crippen molar-refractivity contribution in [1.29, 1.82) is 0 Å². The highest BCUT2D eigenvalue weighted by Gasteiger charge is 2.27. The lowest BCUT2D eigenvalue weighted by Gasteiger charge is -2.34. The van der Waals surface area contributed by atoms with E-state index in [0.717, 1.165) is 29.7 Å². The fourth-order valence-electron chi connectivity index (χ4n) is 3.40. The highest BCUT2D eigenvalue weighted by atomic mass is 16.5. The predicted molar refractivity (Wildman–Crippen MR) is 104 cm³/mol. The zero-order valence-corrected chi connectivity index (χ0v) is 15.7. The molecule has 4 nitrogen and oxygen atoms in total. The Hall–Kier alpha value is -2.33. The molecule has 0 bridgehead atoms. The molecule has 1 heterocycles. The minimum absolute atomic E-state index is 0.0408. The summed E-state index contributed by atoms with van der Waals surface area (Å²) >= 11 is 0. The first-order valence-corrected chi connectivity index (χ1v) is 9.35. The molecule has 3 rings (SSSR count). The Morgan fingerprint density at radius 1 is 1.15 bits per heavy atom. The molecule has 138 valence electrons. The third-order valence-electron chi connectivity index (χ3n) is 5.01. The minimum Gasteiger partial charge on any atom is -0.490 e. The molecular weight excluding hydrogens is 324 g/mol. The molecule has 0 radical (unpaired) electrons. The van der Waals surface area contributed by atoms with Crippen molar-refractivity contribution in [3.8, 4) is 5.75 Å². The van der Waals surface area contributed by atoms with Crippen LogP contribution in [0.1, 0.15) is 29.5 Å². The molecule has 0 aromatic heterocycles. The third-order valence-corrected chi connectivity index (χ3v) is 5.01. The lowest BCUT2D eigenvalue weighted by atomic mass is 10.0. The van der Waals surface area contributed by atoms with Gasteiger partial charge in [-0.1, -0.05) is 42.5 Å². The van der Waals surface area contributed by atoms with Crippen LogP contribution < -0.4 is 10.5 Å². The van der Waals surface area contributed by atoms with Crippen LogP contribution in [0.15, 0.2) is 48.5 Å². The molecule has 2 N–H and O–H groups in total. The number of carbonyl (C=O) groups is 1. The summed E-state index contributed by atoms with van der Waals surface area (Å²) in [5.74, 6) is 0.995. The van der Waals surface area contributed by atoms with Crippen LogP contribution in [0.25, 0.3) is 0 Å². The Labute approximate surface area is 156 Å². The summed E-state index contributed by atoms with van der Waals surface area (Å²) in [5, 5.41) is 0. The minimum atomic E-state index is -0.478. The number of hydrogen-bond donors (Lipinski definition) is 1. The molecule has 1 saturated heterocycles. The molecule has 1 atom stereocenters. The normalized spacial score (nSPS) is 16.3. The number of carbonyl (C=O) groups excluding carboxylic acids is 1. The monoisotopic (exact) mass is 352 g/mol. The van der Waals surface area contributed by atoms with Gasteiger partial charge in [-0.2, -0.15) is 0 Å². The highest BCUT2D eigenvalue weighted by molar-refractivity contribution is 5.82. The van der Waals surface area contributed by atoms with Crippen LogP contribution in [0.3, 0.4) is 0 Å². The van der Waals surface area contributed by atoms with Gasteiger partial charge in [0.15, 0.2) is 0 Å². The molecule has 2 aromatic rings. The van der Waals surface area contributed by atoms with E-state index in [0.29, 0.717) is 19.5 Å². The van der Waals surface area contributed by atoms with Crippen molar-refractivity contribution in [2.45, 2.75) is 45.3 Å². The number of likely N-dealkylation sites (tertiary alicyclic amines) is 1. The van der Waals surface area contributed by atoms with Crippen molar-refractivity contribution in [3.05, 3.63) is 65.2 Å². The summed E-state index contributed by atoms with van der Waals surface area (Å²) in [6, 6.07) is 15.7. The van der Waals surface area contributed by atoms with Gasteiger partial charge < -0.3 is 15.4 Å². The molecule has 26 heavy (non-hydrogen) atoms. The topological polar surface area (TPSA) is 55.6 Å². The highest BCUT2D eigenvalue weighted by Crippen LogP contribution is 2.24. The zero-order chi connectivity index (χ0) is 18.5. The average molecular weight is 352 g/mol. The number of rotatable bonds is 5. The van der Waals surface area contributed by atoms with Gasteiger partial charge >= 0.3 is 0 Å². The summed E-state index contributed by atoms with van der Waals surface area (Å²) in [7, 11) is 0. The summed E-state index contributed by atoms with van der Waals surface area (Å²) in [6.07, 6.45) is 2.43. The summed E-state index contributed by atoms with van der Waals surface area (Å²) < 4.78 is 6.18. The number of piperidine rings is 1. The Bertz CT molecular complexity index is 737. The van der Waals surface area contributed by atoms with Crippen LogP contribution >= 0.6 is 0 Å². The molecule has 2 aromatic carbocycles. The number of hydrogen-bond acceptors (Lipinski definition) is 3. The van der Waals surface area contributed by atoms with Crippen molar-refractivity contribution < 1.29 is 9.53 Å². The maximum Gasteiger partial charge on any atom is 0.239 e. The first-order chi connectivity index (χ1) is 12.5. The van der Waals surface area contributed by atoms with Crippen molar-refractivity contribution in [1.82, 2.24) is 4.90 Å². The van der Waals surface area contributed by atoms with E-state index in [1.54, 1.807) is 0 Å². The van der Waals surface area contributed by atoms with Crippen molar-refractivity contribution in [3.63, 3.8) is 0 Å². The first-order valence-electron chi connectivity index (χ1n) is 9.35. The van der Waals surface area contributed by atoms with Gasteiger partial charge in [0.05, 0.1) is 6.04 Å². The fraction of sp³-hybridized carbons (Fsp3) is 0.409. The maximum absolute atomic E-state index is 12.6. The van der Waals surface area contributed by atoms with Gasteiger partial charge in [0.1, 0.15) is 11.9 Å². The van der Waals surface area contributed by atoms with Gasteiger partial charge in [-0.25, -0.2) is 0 Å². The first kappa shape index (κ1) is 18.5. The fourth-order valence-corrected chi connectivity index (χ4v) is 3.40. The molecule has 1 fully saturated rings. The summed E-state index contributed by atoms with van der Waals surface area (Å²) in [4.78, 5) is 14.5. The van der Waals surface area contributed by atoms with Crippen molar-refractivity contribution in [2.24, 2.45) is 5.73 Å².